The lowest BCUT2D eigenvalue weighted by atomic mass is 9.70. The quantitative estimate of drug-likeness (QED) is 0.691. The first-order valence-electron chi connectivity index (χ1n) is 4.74. The molecule has 0 aromatic heterocycles. The molecule has 1 fully saturated rings. The van der Waals surface area contributed by atoms with Gasteiger partial charge < -0.3 is 5.11 Å². The lowest BCUT2D eigenvalue weighted by Crippen LogP contribution is -2.26. The number of carboxylic acids is 1. The smallest absolute Gasteiger partial charge is 0.303 e. The molecular formula is C10H18O2. The Morgan fingerprint density at radius 1 is 1.50 bits per heavy atom. The first-order chi connectivity index (χ1) is 5.52. The van der Waals surface area contributed by atoms with Crippen LogP contribution in [0, 0.1) is 11.3 Å². The van der Waals surface area contributed by atoms with Gasteiger partial charge in [0.05, 0.1) is 6.42 Å². The number of hydrogen-bond acceptors (Lipinski definition) is 1. The van der Waals surface area contributed by atoms with Crippen LogP contribution in [0.4, 0.5) is 0 Å². The van der Waals surface area contributed by atoms with Gasteiger partial charge in [0.15, 0.2) is 0 Å². The van der Waals surface area contributed by atoms with Gasteiger partial charge in [0.2, 0.25) is 0 Å². The van der Waals surface area contributed by atoms with Crippen LogP contribution in [0.25, 0.3) is 0 Å². The van der Waals surface area contributed by atoms with Crippen molar-refractivity contribution < 1.29 is 9.90 Å². The van der Waals surface area contributed by atoms with Crippen molar-refractivity contribution in [3.05, 3.63) is 0 Å². The molecule has 1 rings (SSSR count). The van der Waals surface area contributed by atoms with Crippen LogP contribution in [-0.2, 0) is 4.79 Å². The summed E-state index contributed by atoms with van der Waals surface area (Å²) in [5.41, 5.74) is 0.0817. The number of hydrogen-bond donors (Lipinski definition) is 1. The monoisotopic (exact) mass is 170 g/mol. The van der Waals surface area contributed by atoms with Crippen LogP contribution < -0.4 is 0 Å². The topological polar surface area (TPSA) is 37.3 Å². The first-order valence-corrected chi connectivity index (χ1v) is 4.74. The standard InChI is InChI=1S/C10H18O2/c1-8-3-5-10(2,6-4-8)7-9(11)12/h8H,3-7H2,1-2H3,(H,11,12). The van der Waals surface area contributed by atoms with Gasteiger partial charge in [0, 0.05) is 0 Å². The number of carbonyl (C=O) groups is 1. The van der Waals surface area contributed by atoms with Crippen molar-refractivity contribution in [3.8, 4) is 0 Å². The Bertz CT molecular complexity index is 167. The average molecular weight is 170 g/mol. The molecule has 1 N–H and O–H groups in total. The minimum Gasteiger partial charge on any atom is -0.481 e. The van der Waals surface area contributed by atoms with Crippen LogP contribution in [0.1, 0.15) is 46.0 Å². The normalized spacial score (nSPS) is 36.3. The Kier molecular flexibility index (Phi) is 2.76. The second-order valence-corrected chi connectivity index (χ2v) is 4.56. The van der Waals surface area contributed by atoms with Gasteiger partial charge in [-0.3, -0.25) is 4.79 Å². The predicted octanol–water partition coefficient (Wildman–Crippen LogP) is 2.68. The summed E-state index contributed by atoms with van der Waals surface area (Å²) in [6, 6.07) is 0. The van der Waals surface area contributed by atoms with Gasteiger partial charge in [-0.25, -0.2) is 0 Å². The Balaban J connectivity index is 2.44. The molecule has 70 valence electrons. The highest BCUT2D eigenvalue weighted by atomic mass is 16.4. The van der Waals surface area contributed by atoms with Gasteiger partial charge in [-0.1, -0.05) is 26.7 Å². The van der Waals surface area contributed by atoms with Crippen molar-refractivity contribution in [2.45, 2.75) is 46.0 Å². The Morgan fingerprint density at radius 3 is 2.42 bits per heavy atom. The molecule has 0 saturated heterocycles. The van der Waals surface area contributed by atoms with E-state index in [1.165, 1.54) is 12.8 Å². The van der Waals surface area contributed by atoms with E-state index in [0.29, 0.717) is 6.42 Å². The third-order valence-electron chi connectivity index (χ3n) is 3.06. The van der Waals surface area contributed by atoms with Crippen molar-refractivity contribution in [1.29, 1.82) is 0 Å². The largest absolute Gasteiger partial charge is 0.481 e. The third-order valence-corrected chi connectivity index (χ3v) is 3.06. The predicted molar refractivity (Wildman–Crippen MR) is 48.0 cm³/mol. The van der Waals surface area contributed by atoms with Crippen molar-refractivity contribution in [1.82, 2.24) is 0 Å². The Morgan fingerprint density at radius 2 is 2.00 bits per heavy atom. The molecule has 2 heteroatoms. The van der Waals surface area contributed by atoms with Crippen LogP contribution in [0.5, 0.6) is 0 Å². The maximum Gasteiger partial charge on any atom is 0.303 e. The molecule has 0 bridgehead atoms. The minimum atomic E-state index is -0.646. The van der Waals surface area contributed by atoms with E-state index in [1.807, 2.05) is 0 Å². The molecule has 0 radical (unpaired) electrons. The summed E-state index contributed by atoms with van der Waals surface area (Å²) in [5.74, 6) is 0.152. The van der Waals surface area contributed by atoms with Crippen LogP contribution in [0.15, 0.2) is 0 Å². The maximum atomic E-state index is 10.6. The number of carboxylic acid groups (broad SMARTS) is 1. The Labute approximate surface area is 74.0 Å². The van der Waals surface area contributed by atoms with E-state index < -0.39 is 5.97 Å². The number of aliphatic carboxylic acids is 1. The SMILES string of the molecule is CC1CCC(C)(CC(=O)O)CC1. The molecule has 2 nitrogen and oxygen atoms in total. The van der Waals surface area contributed by atoms with Crippen LogP contribution in [-0.4, -0.2) is 11.1 Å². The van der Waals surface area contributed by atoms with Gasteiger partial charge in [-0.2, -0.15) is 0 Å². The van der Waals surface area contributed by atoms with Gasteiger partial charge in [0.1, 0.15) is 0 Å². The summed E-state index contributed by atoms with van der Waals surface area (Å²) < 4.78 is 0. The minimum absolute atomic E-state index is 0.0817. The molecule has 0 atom stereocenters. The molecule has 0 unspecified atom stereocenters. The van der Waals surface area contributed by atoms with Crippen molar-refractivity contribution in [2.24, 2.45) is 11.3 Å². The summed E-state index contributed by atoms with van der Waals surface area (Å²) in [4.78, 5) is 10.6. The fraction of sp³-hybridized carbons (Fsp3) is 0.900. The molecule has 0 heterocycles. The highest BCUT2D eigenvalue weighted by molar-refractivity contribution is 5.67. The molecule has 1 aliphatic carbocycles. The van der Waals surface area contributed by atoms with E-state index in [2.05, 4.69) is 13.8 Å². The summed E-state index contributed by atoms with van der Waals surface area (Å²) >= 11 is 0. The Hall–Kier alpha value is -0.530. The van der Waals surface area contributed by atoms with Crippen molar-refractivity contribution >= 4 is 5.97 Å². The zero-order chi connectivity index (χ0) is 9.19. The van der Waals surface area contributed by atoms with Crippen molar-refractivity contribution in [2.75, 3.05) is 0 Å². The average Bonchev–Trinajstić information content (AvgIpc) is 1.94. The fourth-order valence-electron chi connectivity index (χ4n) is 2.00. The second-order valence-electron chi connectivity index (χ2n) is 4.56. The molecule has 12 heavy (non-hydrogen) atoms. The van der Waals surface area contributed by atoms with Gasteiger partial charge in [-0.05, 0) is 24.2 Å². The van der Waals surface area contributed by atoms with E-state index in [1.54, 1.807) is 0 Å². The van der Waals surface area contributed by atoms with E-state index in [4.69, 9.17) is 5.11 Å². The maximum absolute atomic E-state index is 10.6. The van der Waals surface area contributed by atoms with Crippen molar-refractivity contribution in [3.63, 3.8) is 0 Å². The molecular weight excluding hydrogens is 152 g/mol. The molecule has 0 aromatic carbocycles. The molecule has 0 aliphatic heterocycles. The second kappa shape index (κ2) is 3.46. The van der Waals surface area contributed by atoms with Crippen LogP contribution >= 0.6 is 0 Å². The highest BCUT2D eigenvalue weighted by Crippen LogP contribution is 2.40. The summed E-state index contributed by atoms with van der Waals surface area (Å²) in [6.45, 7) is 4.35. The van der Waals surface area contributed by atoms with Gasteiger partial charge in [0.25, 0.3) is 0 Å². The van der Waals surface area contributed by atoms with E-state index in [-0.39, 0.29) is 5.41 Å². The van der Waals surface area contributed by atoms with E-state index in [9.17, 15) is 4.79 Å². The zero-order valence-electron chi connectivity index (χ0n) is 7.97. The summed E-state index contributed by atoms with van der Waals surface area (Å²) in [5, 5.41) is 8.70. The van der Waals surface area contributed by atoms with E-state index in [0.717, 1.165) is 18.8 Å². The molecule has 0 aromatic rings. The third kappa shape index (κ3) is 2.50. The molecule has 1 saturated carbocycles. The molecule has 1 aliphatic rings. The number of rotatable bonds is 2. The highest BCUT2D eigenvalue weighted by Gasteiger charge is 2.31. The zero-order valence-corrected chi connectivity index (χ0v) is 7.97. The van der Waals surface area contributed by atoms with Crippen LogP contribution in [0.3, 0.4) is 0 Å². The fourth-order valence-corrected chi connectivity index (χ4v) is 2.00. The summed E-state index contributed by atoms with van der Waals surface area (Å²) in [6.07, 6.45) is 4.91. The van der Waals surface area contributed by atoms with Gasteiger partial charge in [-0.15, -0.1) is 0 Å². The molecule has 0 amide bonds. The lowest BCUT2D eigenvalue weighted by Gasteiger charge is -2.34. The first kappa shape index (κ1) is 9.56. The summed E-state index contributed by atoms with van der Waals surface area (Å²) in [7, 11) is 0. The van der Waals surface area contributed by atoms with Crippen LogP contribution in [0.2, 0.25) is 0 Å². The lowest BCUT2D eigenvalue weighted by molar-refractivity contribution is -0.140. The van der Waals surface area contributed by atoms with E-state index >= 15 is 0 Å². The molecule has 0 spiro atoms. The van der Waals surface area contributed by atoms with Gasteiger partial charge >= 0.3 is 5.97 Å².